The van der Waals surface area contributed by atoms with Crippen molar-refractivity contribution in [2.24, 2.45) is 0 Å². The third-order valence-corrected chi connectivity index (χ3v) is 0. The molecule has 0 aliphatic carbocycles. The third kappa shape index (κ3) is 23.2. The summed E-state index contributed by atoms with van der Waals surface area (Å²) in [5.41, 5.74) is 0. The first kappa shape index (κ1) is 15.7. The molecular formula is I2O2U. The number of halogens is 2. The molecule has 5 heteroatoms. The van der Waals surface area contributed by atoms with Gasteiger partial charge in [-0.3, -0.25) is 0 Å². The zero-order valence-corrected chi connectivity index (χ0v) is 10.6. The monoisotopic (exact) mass is 524 g/mol. The Bertz CT molecular complexity index is 28.6. The van der Waals surface area contributed by atoms with Crippen LogP contribution < -0.4 is 48.0 Å². The van der Waals surface area contributed by atoms with Crippen molar-refractivity contribution in [2.75, 3.05) is 0 Å². The molecule has 0 N–H and O–H groups in total. The summed E-state index contributed by atoms with van der Waals surface area (Å²) in [6.45, 7) is 0. The summed E-state index contributed by atoms with van der Waals surface area (Å²) < 4.78 is 17.2. The van der Waals surface area contributed by atoms with E-state index in [1.165, 1.54) is 0 Å². The molecule has 0 unspecified atom stereocenters. The first-order valence-corrected chi connectivity index (χ1v) is 3.81. The van der Waals surface area contributed by atoms with Gasteiger partial charge in [-0.15, -0.1) is 0 Å². The van der Waals surface area contributed by atoms with Gasteiger partial charge in [-0.05, 0) is 0 Å². The van der Waals surface area contributed by atoms with Crippen LogP contribution in [0.1, 0.15) is 0 Å². The van der Waals surface area contributed by atoms with Gasteiger partial charge in [-0.1, -0.05) is 0 Å². The van der Waals surface area contributed by atoms with E-state index in [1.807, 2.05) is 0 Å². The van der Waals surface area contributed by atoms with Gasteiger partial charge in [0.2, 0.25) is 0 Å². The SMILES string of the molecule is [I-].[I-].[O]=[U+2]=[O]. The zero-order valence-electron chi connectivity index (χ0n) is 2.07. The summed E-state index contributed by atoms with van der Waals surface area (Å²) in [6.07, 6.45) is 0. The molecule has 0 aliphatic rings. The van der Waals surface area contributed by atoms with Gasteiger partial charge in [-0.2, -0.15) is 0 Å². The first-order chi connectivity index (χ1) is 1.41. The van der Waals surface area contributed by atoms with Gasteiger partial charge in [-0.25, -0.2) is 0 Å². The fourth-order valence-electron chi connectivity index (χ4n) is 0. The number of hydrogen-bond donors (Lipinski definition) is 0. The number of hydrogen-bond acceptors (Lipinski definition) is 2. The summed E-state index contributed by atoms with van der Waals surface area (Å²) in [4.78, 5) is 0. The van der Waals surface area contributed by atoms with Crippen molar-refractivity contribution in [2.45, 2.75) is 0 Å². The van der Waals surface area contributed by atoms with Crippen molar-refractivity contribution in [3.8, 4) is 0 Å². The predicted octanol–water partition coefficient (Wildman–Crippen LogP) is -6.23. The van der Waals surface area contributed by atoms with Crippen LogP contribution in [0.3, 0.4) is 0 Å². The van der Waals surface area contributed by atoms with E-state index in [1.54, 1.807) is 0 Å². The summed E-state index contributed by atoms with van der Waals surface area (Å²) in [7, 11) is 0. The minimum absolute atomic E-state index is 0. The van der Waals surface area contributed by atoms with Gasteiger partial charge in [0.25, 0.3) is 0 Å². The quantitative estimate of drug-likeness (QED) is 0.296. The van der Waals surface area contributed by atoms with Gasteiger partial charge < -0.3 is 48.0 Å². The van der Waals surface area contributed by atoms with Crippen molar-refractivity contribution < 1.29 is 80.2 Å². The Hall–Kier alpha value is 2.11. The second-order valence-corrected chi connectivity index (χ2v) is 0.777. The molecule has 0 saturated heterocycles. The van der Waals surface area contributed by atoms with Gasteiger partial charge >= 0.3 is 32.3 Å². The molecule has 0 saturated carbocycles. The molecule has 0 bridgehead atoms. The van der Waals surface area contributed by atoms with Gasteiger partial charge in [0.1, 0.15) is 0 Å². The maximum atomic E-state index is 8.58. The molecule has 0 aromatic rings. The van der Waals surface area contributed by atoms with E-state index in [0.717, 1.165) is 0 Å². The summed E-state index contributed by atoms with van der Waals surface area (Å²) in [5.74, 6) is 0. The molecule has 0 rings (SSSR count). The minimum atomic E-state index is -2.51. The van der Waals surface area contributed by atoms with Crippen LogP contribution in [0.25, 0.3) is 0 Å². The summed E-state index contributed by atoms with van der Waals surface area (Å²) in [6, 6.07) is 0. The third-order valence-electron chi connectivity index (χ3n) is 0. The van der Waals surface area contributed by atoms with Crippen LogP contribution in [-0.4, -0.2) is 0 Å². The van der Waals surface area contributed by atoms with E-state index in [-0.39, 0.29) is 48.0 Å². The van der Waals surface area contributed by atoms with E-state index < -0.39 is 27.8 Å². The molecule has 5 heavy (non-hydrogen) atoms. The van der Waals surface area contributed by atoms with E-state index in [2.05, 4.69) is 0 Å². The van der Waals surface area contributed by atoms with Crippen LogP contribution in [-0.2, 0) is 4.47 Å². The Balaban J connectivity index is -0.0000000200. The zero-order chi connectivity index (χ0) is 2.71. The second-order valence-electron chi connectivity index (χ2n) is 0.0833. The van der Waals surface area contributed by atoms with Gasteiger partial charge in [0, 0.05) is 0 Å². The summed E-state index contributed by atoms with van der Waals surface area (Å²) in [5, 5.41) is 0. The second kappa shape index (κ2) is 16.5. The Labute approximate surface area is 78.7 Å². The van der Waals surface area contributed by atoms with E-state index in [4.69, 9.17) is 4.47 Å². The average Bonchev–Trinajstić information content (AvgIpc) is 0.918. The van der Waals surface area contributed by atoms with Crippen molar-refractivity contribution >= 4 is 0 Å². The number of rotatable bonds is 0. The van der Waals surface area contributed by atoms with Crippen LogP contribution in [0, 0.1) is 27.8 Å². The Kier molecular flexibility index (Phi) is 51.8. The molecule has 0 amide bonds. The summed E-state index contributed by atoms with van der Waals surface area (Å²) >= 11 is -2.51. The molecule has 0 heterocycles. The average molecular weight is 524 g/mol. The topological polar surface area (TPSA) is 34.1 Å². The van der Waals surface area contributed by atoms with Crippen molar-refractivity contribution in [1.29, 1.82) is 0 Å². The molecule has 2 nitrogen and oxygen atoms in total. The van der Waals surface area contributed by atoms with E-state index in [9.17, 15) is 0 Å². The molecule has 0 aromatic heterocycles. The van der Waals surface area contributed by atoms with Crippen molar-refractivity contribution in [3.05, 3.63) is 0 Å². The standard InChI is InChI=1S/2HI.2O.U/h2*1H;;;/q;;;;+2/p-2. The predicted molar refractivity (Wildman–Crippen MR) is 1.37 cm³/mol. The van der Waals surface area contributed by atoms with Crippen molar-refractivity contribution in [1.82, 2.24) is 0 Å². The van der Waals surface area contributed by atoms with E-state index in [0.29, 0.717) is 0 Å². The molecule has 0 fully saturated rings. The first-order valence-electron chi connectivity index (χ1n) is 0.408. The van der Waals surface area contributed by atoms with Crippen LogP contribution in [0.15, 0.2) is 0 Å². The molecule has 0 aromatic carbocycles. The fraction of sp³-hybridized carbons (Fsp3) is 0. The van der Waals surface area contributed by atoms with Crippen LogP contribution in [0.5, 0.6) is 0 Å². The van der Waals surface area contributed by atoms with Crippen LogP contribution in [0.2, 0.25) is 0 Å². The molecule has 0 atom stereocenters. The Morgan fingerprint density at radius 1 is 1.00 bits per heavy atom. The fourth-order valence-corrected chi connectivity index (χ4v) is 0. The van der Waals surface area contributed by atoms with Crippen molar-refractivity contribution in [3.63, 3.8) is 0 Å². The maximum absolute atomic E-state index is 8.58. The Morgan fingerprint density at radius 3 is 1.00 bits per heavy atom. The normalized spacial score (nSPS) is 1.60. The van der Waals surface area contributed by atoms with Gasteiger partial charge in [0.15, 0.2) is 0 Å². The van der Waals surface area contributed by atoms with Crippen LogP contribution >= 0.6 is 0 Å². The molecule has 0 aliphatic heterocycles. The molecule has 0 spiro atoms. The molecule has 0 radical (unpaired) electrons. The molecular weight excluding hydrogens is 524 g/mol. The van der Waals surface area contributed by atoms with E-state index >= 15 is 0 Å². The van der Waals surface area contributed by atoms with Gasteiger partial charge in [0.05, 0.1) is 0 Å². The Morgan fingerprint density at radius 2 is 1.00 bits per heavy atom. The molecule has 30 valence electrons. The van der Waals surface area contributed by atoms with Crippen LogP contribution in [0.4, 0.5) is 0 Å².